The van der Waals surface area contributed by atoms with Crippen molar-refractivity contribution in [3.05, 3.63) is 42.5 Å². The van der Waals surface area contributed by atoms with Crippen molar-refractivity contribution in [1.29, 1.82) is 0 Å². The lowest BCUT2D eigenvalue weighted by atomic mass is 10.2. The molecule has 0 saturated heterocycles. The number of anilines is 1. The van der Waals surface area contributed by atoms with E-state index in [1.165, 1.54) is 0 Å². The van der Waals surface area contributed by atoms with Crippen LogP contribution in [0.2, 0.25) is 0 Å². The summed E-state index contributed by atoms with van der Waals surface area (Å²) < 4.78 is 0. The first-order valence-corrected chi connectivity index (χ1v) is 6.88. The van der Waals surface area contributed by atoms with Gasteiger partial charge in [-0.05, 0) is 26.0 Å². The number of nitrogens with one attached hydrogen (secondary N) is 1. The number of carboxylic acids is 1. The highest BCUT2D eigenvalue weighted by atomic mass is 16.4. The fourth-order valence-corrected chi connectivity index (χ4v) is 1.90. The second kappa shape index (κ2) is 8.21. The minimum Gasteiger partial charge on any atom is -0.481 e. The second-order valence-corrected chi connectivity index (χ2v) is 4.96. The molecule has 0 saturated carbocycles. The molecular formula is C16H22N2O3. The van der Waals surface area contributed by atoms with Gasteiger partial charge in [-0.1, -0.05) is 23.8 Å². The number of aliphatic carboxylic acids is 1. The third-order valence-electron chi connectivity index (χ3n) is 3.22. The monoisotopic (exact) mass is 290 g/mol. The third-order valence-corrected chi connectivity index (χ3v) is 3.22. The van der Waals surface area contributed by atoms with Crippen molar-refractivity contribution in [1.82, 2.24) is 4.90 Å². The smallest absolute Gasteiger partial charge is 0.304 e. The molecule has 1 aromatic carbocycles. The summed E-state index contributed by atoms with van der Waals surface area (Å²) in [6.07, 6.45) is 1.66. The van der Waals surface area contributed by atoms with Crippen LogP contribution >= 0.6 is 0 Å². The highest BCUT2D eigenvalue weighted by Crippen LogP contribution is 2.11. The Balaban J connectivity index is 2.65. The number of rotatable bonds is 8. The number of carbonyl (C=O) groups excluding carboxylic acids is 1. The molecule has 0 bridgehead atoms. The SMILES string of the molecule is C=CCN(CCC(=O)O)C(C)C(=O)Nc1ccc(C)cc1. The van der Waals surface area contributed by atoms with Crippen LogP contribution in [0.5, 0.6) is 0 Å². The quantitative estimate of drug-likeness (QED) is 0.721. The molecular weight excluding hydrogens is 268 g/mol. The van der Waals surface area contributed by atoms with Gasteiger partial charge in [0.05, 0.1) is 12.5 Å². The summed E-state index contributed by atoms with van der Waals surface area (Å²) in [5.74, 6) is -1.04. The summed E-state index contributed by atoms with van der Waals surface area (Å²) in [6.45, 7) is 8.16. The highest BCUT2D eigenvalue weighted by Gasteiger charge is 2.20. The van der Waals surface area contributed by atoms with Gasteiger partial charge in [-0.2, -0.15) is 0 Å². The lowest BCUT2D eigenvalue weighted by Crippen LogP contribution is -2.43. The number of nitrogens with zero attached hydrogens (tertiary/aromatic N) is 1. The fraction of sp³-hybridized carbons (Fsp3) is 0.375. The van der Waals surface area contributed by atoms with Gasteiger partial charge in [0.1, 0.15) is 0 Å². The Morgan fingerprint density at radius 2 is 2.00 bits per heavy atom. The Bertz CT molecular complexity index is 497. The predicted molar refractivity (Wildman–Crippen MR) is 83.3 cm³/mol. The Morgan fingerprint density at radius 3 is 2.52 bits per heavy atom. The number of hydrogen-bond acceptors (Lipinski definition) is 3. The molecule has 0 aromatic heterocycles. The van der Waals surface area contributed by atoms with Gasteiger partial charge in [0, 0.05) is 18.8 Å². The molecule has 1 aromatic rings. The number of aryl methyl sites for hydroxylation is 1. The van der Waals surface area contributed by atoms with Crippen LogP contribution in [0.25, 0.3) is 0 Å². The summed E-state index contributed by atoms with van der Waals surface area (Å²) in [5.41, 5.74) is 1.85. The average Bonchev–Trinajstić information content (AvgIpc) is 2.45. The zero-order chi connectivity index (χ0) is 15.8. The van der Waals surface area contributed by atoms with Crippen LogP contribution in [0.1, 0.15) is 18.9 Å². The van der Waals surface area contributed by atoms with E-state index in [9.17, 15) is 9.59 Å². The fourth-order valence-electron chi connectivity index (χ4n) is 1.90. The molecule has 1 atom stereocenters. The van der Waals surface area contributed by atoms with Crippen LogP contribution in [0.3, 0.4) is 0 Å². The molecule has 0 heterocycles. The van der Waals surface area contributed by atoms with Crippen LogP contribution < -0.4 is 5.32 Å². The standard InChI is InChI=1S/C16H22N2O3/c1-4-10-18(11-9-15(19)20)13(3)16(21)17-14-7-5-12(2)6-8-14/h4-8,13H,1,9-11H2,2-3H3,(H,17,21)(H,19,20). The van der Waals surface area contributed by atoms with Crippen LogP contribution in [-0.2, 0) is 9.59 Å². The Kier molecular flexibility index (Phi) is 6.62. The molecule has 5 nitrogen and oxygen atoms in total. The van der Waals surface area contributed by atoms with Gasteiger partial charge in [0.2, 0.25) is 5.91 Å². The summed E-state index contributed by atoms with van der Waals surface area (Å²) in [7, 11) is 0. The number of amides is 1. The van der Waals surface area contributed by atoms with E-state index >= 15 is 0 Å². The zero-order valence-corrected chi connectivity index (χ0v) is 12.5. The second-order valence-electron chi connectivity index (χ2n) is 4.96. The normalized spacial score (nSPS) is 12.0. The molecule has 1 rings (SSSR count). The molecule has 0 aliphatic carbocycles. The first-order valence-electron chi connectivity index (χ1n) is 6.88. The van der Waals surface area contributed by atoms with Crippen LogP contribution in [-0.4, -0.2) is 41.0 Å². The lowest BCUT2D eigenvalue weighted by Gasteiger charge is -2.26. The first-order chi connectivity index (χ1) is 9.93. The van der Waals surface area contributed by atoms with E-state index in [2.05, 4.69) is 11.9 Å². The minimum atomic E-state index is -0.879. The van der Waals surface area contributed by atoms with E-state index < -0.39 is 12.0 Å². The van der Waals surface area contributed by atoms with Crippen LogP contribution in [0.15, 0.2) is 36.9 Å². The molecule has 1 unspecified atom stereocenters. The van der Waals surface area contributed by atoms with Crippen molar-refractivity contribution in [2.45, 2.75) is 26.3 Å². The number of hydrogen-bond donors (Lipinski definition) is 2. The highest BCUT2D eigenvalue weighted by molar-refractivity contribution is 5.94. The number of benzene rings is 1. The van der Waals surface area contributed by atoms with Gasteiger partial charge in [-0.3, -0.25) is 14.5 Å². The average molecular weight is 290 g/mol. The van der Waals surface area contributed by atoms with Crippen molar-refractivity contribution < 1.29 is 14.7 Å². The molecule has 0 radical (unpaired) electrons. The largest absolute Gasteiger partial charge is 0.481 e. The van der Waals surface area contributed by atoms with Crippen LogP contribution in [0, 0.1) is 6.92 Å². The van der Waals surface area contributed by atoms with Crippen molar-refractivity contribution in [3.8, 4) is 0 Å². The predicted octanol–water partition coefficient (Wildman–Crippen LogP) is 2.28. The van der Waals surface area contributed by atoms with Crippen molar-refractivity contribution in [3.63, 3.8) is 0 Å². The van der Waals surface area contributed by atoms with Gasteiger partial charge in [-0.25, -0.2) is 0 Å². The van der Waals surface area contributed by atoms with Gasteiger partial charge >= 0.3 is 5.97 Å². The summed E-state index contributed by atoms with van der Waals surface area (Å²) in [6, 6.07) is 7.10. The molecule has 0 fully saturated rings. The maximum absolute atomic E-state index is 12.2. The van der Waals surface area contributed by atoms with Gasteiger partial charge in [0.25, 0.3) is 0 Å². The summed E-state index contributed by atoms with van der Waals surface area (Å²) >= 11 is 0. The zero-order valence-electron chi connectivity index (χ0n) is 12.5. The molecule has 2 N–H and O–H groups in total. The Labute approximate surface area is 125 Å². The lowest BCUT2D eigenvalue weighted by molar-refractivity contribution is -0.138. The molecule has 5 heteroatoms. The van der Waals surface area contributed by atoms with E-state index in [4.69, 9.17) is 5.11 Å². The van der Waals surface area contributed by atoms with Crippen molar-refractivity contribution in [2.75, 3.05) is 18.4 Å². The molecule has 21 heavy (non-hydrogen) atoms. The topological polar surface area (TPSA) is 69.6 Å². The first kappa shape index (κ1) is 16.9. The van der Waals surface area contributed by atoms with E-state index in [0.717, 1.165) is 11.3 Å². The van der Waals surface area contributed by atoms with E-state index in [-0.39, 0.29) is 12.3 Å². The van der Waals surface area contributed by atoms with E-state index in [1.807, 2.05) is 31.2 Å². The van der Waals surface area contributed by atoms with E-state index in [1.54, 1.807) is 17.9 Å². The molecule has 0 aliphatic rings. The number of carbonyl (C=O) groups is 2. The maximum Gasteiger partial charge on any atom is 0.304 e. The Morgan fingerprint density at radius 1 is 1.38 bits per heavy atom. The van der Waals surface area contributed by atoms with Crippen LogP contribution in [0.4, 0.5) is 5.69 Å². The maximum atomic E-state index is 12.2. The number of carboxylic acid groups (broad SMARTS) is 1. The van der Waals surface area contributed by atoms with Crippen molar-refractivity contribution in [2.24, 2.45) is 0 Å². The summed E-state index contributed by atoms with van der Waals surface area (Å²) in [5, 5.41) is 11.6. The molecule has 1 amide bonds. The third kappa shape index (κ3) is 5.79. The van der Waals surface area contributed by atoms with Gasteiger partial charge < -0.3 is 10.4 Å². The minimum absolute atomic E-state index is 0.00398. The van der Waals surface area contributed by atoms with Gasteiger partial charge in [-0.15, -0.1) is 6.58 Å². The van der Waals surface area contributed by atoms with Gasteiger partial charge in [0.15, 0.2) is 0 Å². The van der Waals surface area contributed by atoms with Crippen molar-refractivity contribution >= 4 is 17.6 Å². The Hall–Kier alpha value is -2.14. The summed E-state index contributed by atoms with van der Waals surface area (Å²) in [4.78, 5) is 24.7. The molecule has 114 valence electrons. The molecule has 0 spiro atoms. The van der Waals surface area contributed by atoms with E-state index in [0.29, 0.717) is 13.1 Å². The molecule has 0 aliphatic heterocycles.